The van der Waals surface area contributed by atoms with E-state index in [1.165, 1.54) is 5.69 Å². The van der Waals surface area contributed by atoms with E-state index in [2.05, 4.69) is 27.3 Å². The fourth-order valence-corrected chi connectivity index (χ4v) is 3.09. The van der Waals surface area contributed by atoms with Gasteiger partial charge in [-0.05, 0) is 48.6 Å². The minimum absolute atomic E-state index is 0.233. The number of nitrogens with zero attached hydrogens (tertiary/aromatic N) is 1. The fraction of sp³-hybridized carbons (Fsp3) is 0.368. The average molecular weight is 341 g/mol. The fourth-order valence-electron chi connectivity index (χ4n) is 3.09. The normalized spacial score (nSPS) is 15.2. The average Bonchev–Trinajstić information content (AvgIpc) is 3.16. The predicted octanol–water partition coefficient (Wildman–Crippen LogP) is 1.97. The smallest absolute Gasteiger partial charge is 0.267 e. The number of aromatic amines is 1. The Morgan fingerprint density at radius 1 is 1.20 bits per heavy atom. The number of aldehydes is 1. The van der Waals surface area contributed by atoms with Gasteiger partial charge in [-0.1, -0.05) is 12.1 Å². The molecule has 6 nitrogen and oxygen atoms in total. The zero-order valence-electron chi connectivity index (χ0n) is 14.1. The van der Waals surface area contributed by atoms with Crippen LogP contribution < -0.4 is 10.2 Å². The second-order valence-electron chi connectivity index (χ2n) is 6.41. The second-order valence-corrected chi connectivity index (χ2v) is 6.41. The number of aliphatic hydroxyl groups is 1. The van der Waals surface area contributed by atoms with Crippen molar-refractivity contribution in [3.8, 4) is 0 Å². The summed E-state index contributed by atoms with van der Waals surface area (Å²) in [6.45, 7) is 2.64. The zero-order valence-corrected chi connectivity index (χ0v) is 14.1. The second kappa shape index (κ2) is 7.98. The van der Waals surface area contributed by atoms with Crippen LogP contribution in [0, 0.1) is 5.92 Å². The van der Waals surface area contributed by atoms with Gasteiger partial charge in [0, 0.05) is 31.9 Å². The standard InChI is InChI=1S/C19H23N3O3/c23-12-15-7-9-22(10-8-15)17-4-1-14(2-5-17)11-20-19(25)18-6-3-16(13-24)21-18/h1-6,13,15,21,23H,7-12H2,(H,20,25). The quantitative estimate of drug-likeness (QED) is 0.701. The van der Waals surface area contributed by atoms with Crippen molar-refractivity contribution < 1.29 is 14.7 Å². The van der Waals surface area contributed by atoms with Crippen molar-refractivity contribution >= 4 is 17.9 Å². The summed E-state index contributed by atoms with van der Waals surface area (Å²) >= 11 is 0. The predicted molar refractivity (Wildman–Crippen MR) is 95.8 cm³/mol. The van der Waals surface area contributed by atoms with E-state index in [9.17, 15) is 14.7 Å². The lowest BCUT2D eigenvalue weighted by Crippen LogP contribution is -2.34. The number of H-pyrrole nitrogens is 1. The molecule has 1 aromatic carbocycles. The molecule has 0 aliphatic carbocycles. The molecule has 1 saturated heterocycles. The SMILES string of the molecule is O=Cc1ccc(C(=O)NCc2ccc(N3CCC(CO)CC3)cc2)[nH]1. The van der Waals surface area contributed by atoms with Crippen LogP contribution in [0.1, 0.15) is 39.4 Å². The van der Waals surface area contributed by atoms with E-state index in [1.807, 2.05) is 12.1 Å². The molecule has 1 aromatic heterocycles. The third-order valence-electron chi connectivity index (χ3n) is 4.71. The lowest BCUT2D eigenvalue weighted by molar-refractivity contribution is 0.0946. The van der Waals surface area contributed by atoms with Gasteiger partial charge < -0.3 is 20.3 Å². The summed E-state index contributed by atoms with van der Waals surface area (Å²) in [6, 6.07) is 11.3. The molecule has 0 atom stereocenters. The molecule has 0 bridgehead atoms. The van der Waals surface area contributed by atoms with Gasteiger partial charge in [0.05, 0.1) is 5.69 Å². The summed E-state index contributed by atoms with van der Waals surface area (Å²) < 4.78 is 0. The van der Waals surface area contributed by atoms with Crippen molar-refractivity contribution in [2.24, 2.45) is 5.92 Å². The van der Waals surface area contributed by atoms with Gasteiger partial charge in [0.15, 0.2) is 6.29 Å². The van der Waals surface area contributed by atoms with Gasteiger partial charge >= 0.3 is 0 Å². The molecule has 25 heavy (non-hydrogen) atoms. The third-order valence-corrected chi connectivity index (χ3v) is 4.71. The molecular formula is C19H23N3O3. The van der Waals surface area contributed by atoms with Gasteiger partial charge in [-0.2, -0.15) is 0 Å². The number of aliphatic hydroxyl groups excluding tert-OH is 1. The number of hydrogen-bond donors (Lipinski definition) is 3. The number of anilines is 1. The number of amides is 1. The van der Waals surface area contributed by atoms with Gasteiger partial charge in [0.25, 0.3) is 5.91 Å². The molecular weight excluding hydrogens is 318 g/mol. The first-order chi connectivity index (χ1) is 12.2. The Labute approximate surface area is 146 Å². The minimum atomic E-state index is -0.233. The molecule has 0 saturated carbocycles. The molecule has 0 spiro atoms. The van der Waals surface area contributed by atoms with E-state index in [1.54, 1.807) is 12.1 Å². The van der Waals surface area contributed by atoms with Crippen LogP contribution in [0.2, 0.25) is 0 Å². The zero-order chi connectivity index (χ0) is 17.6. The molecule has 6 heteroatoms. The highest BCUT2D eigenvalue weighted by Crippen LogP contribution is 2.23. The Morgan fingerprint density at radius 3 is 2.52 bits per heavy atom. The molecule has 132 valence electrons. The molecule has 0 radical (unpaired) electrons. The number of aromatic nitrogens is 1. The highest BCUT2D eigenvalue weighted by Gasteiger charge is 2.18. The van der Waals surface area contributed by atoms with Crippen LogP contribution >= 0.6 is 0 Å². The Kier molecular flexibility index (Phi) is 5.50. The van der Waals surface area contributed by atoms with Gasteiger partial charge in [-0.15, -0.1) is 0 Å². The number of hydrogen-bond acceptors (Lipinski definition) is 4. The van der Waals surface area contributed by atoms with Crippen molar-refractivity contribution in [3.05, 3.63) is 53.3 Å². The van der Waals surface area contributed by atoms with Crippen LogP contribution in [0.3, 0.4) is 0 Å². The Hall–Kier alpha value is -2.60. The first-order valence-corrected chi connectivity index (χ1v) is 8.56. The van der Waals surface area contributed by atoms with Crippen molar-refractivity contribution in [3.63, 3.8) is 0 Å². The third kappa shape index (κ3) is 4.28. The molecule has 1 aliphatic rings. The molecule has 2 aromatic rings. The minimum Gasteiger partial charge on any atom is -0.396 e. The van der Waals surface area contributed by atoms with Crippen molar-refractivity contribution in [2.45, 2.75) is 19.4 Å². The maximum Gasteiger partial charge on any atom is 0.267 e. The molecule has 3 rings (SSSR count). The molecule has 3 N–H and O–H groups in total. The summed E-state index contributed by atoms with van der Waals surface area (Å²) in [6.07, 6.45) is 2.72. The Morgan fingerprint density at radius 2 is 1.92 bits per heavy atom. The van der Waals surface area contributed by atoms with Gasteiger partial charge in [-0.3, -0.25) is 9.59 Å². The van der Waals surface area contributed by atoms with E-state index in [0.717, 1.165) is 31.5 Å². The first kappa shape index (κ1) is 17.2. The van der Waals surface area contributed by atoms with Crippen LogP contribution in [0.5, 0.6) is 0 Å². The molecule has 1 aliphatic heterocycles. The lowest BCUT2D eigenvalue weighted by Gasteiger charge is -2.33. The summed E-state index contributed by atoms with van der Waals surface area (Å²) in [7, 11) is 0. The van der Waals surface area contributed by atoms with Gasteiger partial charge in [-0.25, -0.2) is 0 Å². The lowest BCUT2D eigenvalue weighted by atomic mass is 9.97. The highest BCUT2D eigenvalue weighted by molar-refractivity contribution is 5.93. The monoisotopic (exact) mass is 341 g/mol. The van der Waals surface area contributed by atoms with E-state index < -0.39 is 0 Å². The summed E-state index contributed by atoms with van der Waals surface area (Å²) in [5.74, 6) is 0.196. The Bertz CT molecular complexity index is 716. The van der Waals surface area contributed by atoms with Crippen molar-refractivity contribution in [2.75, 3.05) is 24.6 Å². The Balaban J connectivity index is 1.52. The van der Waals surface area contributed by atoms with E-state index >= 15 is 0 Å². The van der Waals surface area contributed by atoms with E-state index in [0.29, 0.717) is 30.1 Å². The number of carbonyl (C=O) groups excluding carboxylic acids is 2. The maximum absolute atomic E-state index is 12.0. The van der Waals surface area contributed by atoms with Crippen LogP contribution in [0.4, 0.5) is 5.69 Å². The molecule has 0 unspecified atom stereocenters. The number of rotatable bonds is 6. The topological polar surface area (TPSA) is 85.4 Å². The molecule has 2 heterocycles. The summed E-state index contributed by atoms with van der Waals surface area (Å²) in [5.41, 5.74) is 2.96. The summed E-state index contributed by atoms with van der Waals surface area (Å²) in [4.78, 5) is 27.8. The largest absolute Gasteiger partial charge is 0.396 e. The summed E-state index contributed by atoms with van der Waals surface area (Å²) in [5, 5.41) is 12.1. The van der Waals surface area contributed by atoms with Crippen LogP contribution in [-0.2, 0) is 6.54 Å². The van der Waals surface area contributed by atoms with Crippen molar-refractivity contribution in [1.82, 2.24) is 10.3 Å². The van der Waals surface area contributed by atoms with Crippen LogP contribution in [-0.4, -0.2) is 42.0 Å². The first-order valence-electron chi connectivity index (χ1n) is 8.56. The molecule has 1 amide bonds. The molecule has 1 fully saturated rings. The number of piperidine rings is 1. The highest BCUT2D eigenvalue weighted by atomic mass is 16.3. The van der Waals surface area contributed by atoms with Crippen molar-refractivity contribution in [1.29, 1.82) is 0 Å². The van der Waals surface area contributed by atoms with Gasteiger partial charge in [0.1, 0.15) is 5.69 Å². The van der Waals surface area contributed by atoms with Crippen LogP contribution in [0.25, 0.3) is 0 Å². The maximum atomic E-state index is 12.0. The van der Waals surface area contributed by atoms with Gasteiger partial charge in [0.2, 0.25) is 0 Å². The van der Waals surface area contributed by atoms with Crippen LogP contribution in [0.15, 0.2) is 36.4 Å². The number of carbonyl (C=O) groups is 2. The number of nitrogens with one attached hydrogen (secondary N) is 2. The number of benzene rings is 1. The van der Waals surface area contributed by atoms with E-state index in [-0.39, 0.29) is 12.5 Å². The van der Waals surface area contributed by atoms with E-state index in [4.69, 9.17) is 0 Å².